The number of hydrogen-bond acceptors (Lipinski definition) is 3. The van der Waals surface area contributed by atoms with E-state index in [-0.39, 0.29) is 11.6 Å². The van der Waals surface area contributed by atoms with Gasteiger partial charge in [-0.3, -0.25) is 9.36 Å². The smallest absolute Gasteiger partial charge is 0.355 e. The molecule has 1 aromatic heterocycles. The minimum Gasteiger partial charge on any atom is -0.464 e. The van der Waals surface area contributed by atoms with Gasteiger partial charge in [0.05, 0.1) is 12.6 Å². The molecule has 3 rings (SSSR count). The van der Waals surface area contributed by atoms with Crippen LogP contribution < -0.4 is 0 Å². The van der Waals surface area contributed by atoms with Gasteiger partial charge in [-0.1, -0.05) is 36.4 Å². The first kappa shape index (κ1) is 13.1. The van der Waals surface area contributed by atoms with Crippen molar-refractivity contribution in [3.63, 3.8) is 0 Å². The molecule has 3 aromatic rings. The van der Waals surface area contributed by atoms with Gasteiger partial charge in [0.15, 0.2) is 0 Å². The number of esters is 1. The minimum absolute atomic E-state index is 0.229. The first-order chi connectivity index (χ1) is 10.2. The van der Waals surface area contributed by atoms with E-state index in [0.29, 0.717) is 11.1 Å². The van der Waals surface area contributed by atoms with Crippen molar-refractivity contribution < 1.29 is 14.3 Å². The van der Waals surface area contributed by atoms with Crippen molar-refractivity contribution >= 4 is 22.8 Å². The molecule has 4 heteroatoms. The van der Waals surface area contributed by atoms with Crippen molar-refractivity contribution in [3.05, 3.63) is 71.9 Å². The van der Waals surface area contributed by atoms with E-state index in [4.69, 9.17) is 4.74 Å². The molecule has 0 unspecified atom stereocenters. The van der Waals surface area contributed by atoms with Crippen LogP contribution in [0.3, 0.4) is 0 Å². The van der Waals surface area contributed by atoms with Crippen LogP contribution in [0.4, 0.5) is 0 Å². The van der Waals surface area contributed by atoms with E-state index in [1.165, 1.54) is 11.7 Å². The van der Waals surface area contributed by atoms with Crippen molar-refractivity contribution in [3.8, 4) is 0 Å². The van der Waals surface area contributed by atoms with Crippen LogP contribution in [0.5, 0.6) is 0 Å². The van der Waals surface area contributed by atoms with E-state index in [2.05, 4.69) is 0 Å². The van der Waals surface area contributed by atoms with Gasteiger partial charge in [-0.25, -0.2) is 4.79 Å². The first-order valence-corrected chi connectivity index (χ1v) is 6.51. The molecule has 0 radical (unpaired) electrons. The second-order valence-corrected chi connectivity index (χ2v) is 4.59. The predicted molar refractivity (Wildman–Crippen MR) is 79.4 cm³/mol. The summed E-state index contributed by atoms with van der Waals surface area (Å²) in [6, 6.07) is 17.9. The molecular formula is C17H13NO3. The highest BCUT2D eigenvalue weighted by atomic mass is 16.5. The van der Waals surface area contributed by atoms with Gasteiger partial charge in [-0.15, -0.1) is 0 Å². The Morgan fingerprint density at radius 1 is 0.952 bits per heavy atom. The molecule has 0 N–H and O–H groups in total. The Hall–Kier alpha value is -2.88. The number of fused-ring (bicyclic) bond motifs is 1. The highest BCUT2D eigenvalue weighted by Crippen LogP contribution is 2.22. The van der Waals surface area contributed by atoms with Crippen molar-refractivity contribution in [1.29, 1.82) is 0 Å². The quantitative estimate of drug-likeness (QED) is 0.677. The molecule has 0 bridgehead atoms. The van der Waals surface area contributed by atoms with E-state index < -0.39 is 5.97 Å². The van der Waals surface area contributed by atoms with Crippen molar-refractivity contribution in [2.75, 3.05) is 7.11 Å². The predicted octanol–water partition coefficient (Wildman–Crippen LogP) is 3.12. The maximum Gasteiger partial charge on any atom is 0.355 e. The average Bonchev–Trinajstić information content (AvgIpc) is 2.93. The van der Waals surface area contributed by atoms with Gasteiger partial charge in [0.2, 0.25) is 0 Å². The molecule has 0 saturated carbocycles. The Bertz CT molecular complexity index is 818. The summed E-state index contributed by atoms with van der Waals surface area (Å²) in [7, 11) is 1.30. The standard InChI is InChI=1S/C17H13NO3/c1-21-17(20)15-11-13-9-5-6-10-14(13)18(15)16(19)12-7-3-2-4-8-12/h2-11H,1H3. The van der Waals surface area contributed by atoms with Gasteiger partial charge < -0.3 is 4.74 Å². The van der Waals surface area contributed by atoms with E-state index in [1.807, 2.05) is 30.3 Å². The summed E-state index contributed by atoms with van der Waals surface area (Å²) in [4.78, 5) is 24.7. The van der Waals surface area contributed by atoms with Crippen LogP contribution >= 0.6 is 0 Å². The Morgan fingerprint density at radius 2 is 1.62 bits per heavy atom. The summed E-state index contributed by atoms with van der Waals surface area (Å²) >= 11 is 0. The normalized spacial score (nSPS) is 10.5. The van der Waals surface area contributed by atoms with E-state index in [0.717, 1.165) is 5.39 Å². The second-order valence-electron chi connectivity index (χ2n) is 4.59. The zero-order chi connectivity index (χ0) is 14.8. The average molecular weight is 279 g/mol. The van der Waals surface area contributed by atoms with Gasteiger partial charge in [0, 0.05) is 10.9 Å². The SMILES string of the molecule is COC(=O)c1cc2ccccc2n1C(=O)c1ccccc1. The Morgan fingerprint density at radius 3 is 2.33 bits per heavy atom. The molecule has 0 amide bonds. The summed E-state index contributed by atoms with van der Waals surface area (Å²) < 4.78 is 6.18. The van der Waals surface area contributed by atoms with Gasteiger partial charge in [-0.05, 0) is 24.3 Å². The zero-order valence-electron chi connectivity index (χ0n) is 11.4. The summed E-state index contributed by atoms with van der Waals surface area (Å²) in [6.07, 6.45) is 0. The number of hydrogen-bond donors (Lipinski definition) is 0. The topological polar surface area (TPSA) is 48.3 Å². The van der Waals surface area contributed by atoms with Crippen LogP contribution in [-0.2, 0) is 4.74 Å². The highest BCUT2D eigenvalue weighted by Gasteiger charge is 2.21. The molecule has 0 fully saturated rings. The Kier molecular flexibility index (Phi) is 3.28. The van der Waals surface area contributed by atoms with Crippen molar-refractivity contribution in [1.82, 2.24) is 4.57 Å². The maximum absolute atomic E-state index is 12.7. The van der Waals surface area contributed by atoms with Crippen LogP contribution in [-0.4, -0.2) is 23.6 Å². The summed E-state index contributed by atoms with van der Waals surface area (Å²) in [5, 5.41) is 0.821. The third-order valence-corrected chi connectivity index (χ3v) is 3.33. The van der Waals surface area contributed by atoms with Crippen LogP contribution in [0.25, 0.3) is 10.9 Å². The zero-order valence-corrected chi connectivity index (χ0v) is 11.4. The monoisotopic (exact) mass is 279 g/mol. The molecule has 0 saturated heterocycles. The molecule has 0 aliphatic heterocycles. The number of ether oxygens (including phenoxy) is 1. The third-order valence-electron chi connectivity index (χ3n) is 3.33. The van der Waals surface area contributed by atoms with Gasteiger partial charge >= 0.3 is 5.97 Å². The Balaban J connectivity index is 2.25. The first-order valence-electron chi connectivity index (χ1n) is 6.51. The number of rotatable bonds is 2. The molecule has 21 heavy (non-hydrogen) atoms. The molecule has 0 aliphatic carbocycles. The van der Waals surface area contributed by atoms with Gasteiger partial charge in [0.1, 0.15) is 5.69 Å². The van der Waals surface area contributed by atoms with Crippen LogP contribution in [0.2, 0.25) is 0 Å². The van der Waals surface area contributed by atoms with E-state index in [1.54, 1.807) is 30.3 Å². The van der Waals surface area contributed by atoms with Crippen LogP contribution in [0.15, 0.2) is 60.7 Å². The minimum atomic E-state index is -0.532. The number of benzene rings is 2. The molecule has 0 aliphatic rings. The highest BCUT2D eigenvalue weighted by molar-refractivity contribution is 6.08. The number of aromatic nitrogens is 1. The second kappa shape index (κ2) is 5.25. The largest absolute Gasteiger partial charge is 0.464 e. The van der Waals surface area contributed by atoms with Gasteiger partial charge in [-0.2, -0.15) is 0 Å². The fraction of sp³-hybridized carbons (Fsp3) is 0.0588. The molecule has 1 heterocycles. The number of carbonyl (C=O) groups excluding carboxylic acids is 2. The third kappa shape index (κ3) is 2.21. The van der Waals surface area contributed by atoms with E-state index in [9.17, 15) is 9.59 Å². The lowest BCUT2D eigenvalue weighted by molar-refractivity contribution is 0.0584. The summed E-state index contributed by atoms with van der Waals surface area (Å²) in [5.41, 5.74) is 1.43. The molecular weight excluding hydrogens is 266 g/mol. The number of methoxy groups -OCH3 is 1. The van der Waals surface area contributed by atoms with Crippen LogP contribution in [0.1, 0.15) is 20.8 Å². The van der Waals surface area contributed by atoms with Crippen molar-refractivity contribution in [2.45, 2.75) is 0 Å². The van der Waals surface area contributed by atoms with E-state index >= 15 is 0 Å². The number of para-hydroxylation sites is 1. The number of nitrogens with zero attached hydrogens (tertiary/aromatic N) is 1. The number of carbonyl (C=O) groups is 2. The lowest BCUT2D eigenvalue weighted by atomic mass is 10.2. The summed E-state index contributed by atoms with van der Waals surface area (Å²) in [6.45, 7) is 0. The Labute approximate surface area is 121 Å². The lowest BCUT2D eigenvalue weighted by Gasteiger charge is -2.08. The fourth-order valence-corrected chi connectivity index (χ4v) is 2.34. The van der Waals surface area contributed by atoms with Gasteiger partial charge in [0.25, 0.3) is 5.91 Å². The lowest BCUT2D eigenvalue weighted by Crippen LogP contribution is -2.18. The maximum atomic E-state index is 12.7. The molecule has 4 nitrogen and oxygen atoms in total. The summed E-state index contributed by atoms with van der Waals surface area (Å²) in [5.74, 6) is -0.785. The molecule has 104 valence electrons. The molecule has 0 atom stereocenters. The van der Waals surface area contributed by atoms with Crippen LogP contribution in [0, 0.1) is 0 Å². The fourth-order valence-electron chi connectivity index (χ4n) is 2.34. The molecule has 2 aromatic carbocycles. The molecule has 0 spiro atoms. The van der Waals surface area contributed by atoms with Crippen molar-refractivity contribution in [2.24, 2.45) is 0 Å².